The van der Waals surface area contributed by atoms with Crippen LogP contribution in [-0.2, 0) is 0 Å². The minimum Gasteiger partial charge on any atom is -0.289 e. The molecule has 0 unspecified atom stereocenters. The van der Waals surface area contributed by atoms with Crippen molar-refractivity contribution >= 4 is 49.1 Å². The minimum absolute atomic E-state index is 0.0942. The number of nitrogens with zero attached hydrogens (tertiary/aromatic N) is 2. The molecule has 2 heterocycles. The van der Waals surface area contributed by atoms with Gasteiger partial charge in [0.05, 0.1) is 11.0 Å². The Morgan fingerprint density at radius 2 is 1.19 bits per heavy atom. The van der Waals surface area contributed by atoms with Crippen molar-refractivity contribution in [1.29, 1.82) is 0 Å². The van der Waals surface area contributed by atoms with E-state index in [1.54, 1.807) is 6.20 Å². The van der Waals surface area contributed by atoms with Gasteiger partial charge in [-0.25, -0.2) is 0 Å². The molecule has 7 aromatic rings. The minimum atomic E-state index is 0.0942. The van der Waals surface area contributed by atoms with Crippen molar-refractivity contribution in [2.45, 2.75) is 0 Å². The third-order valence-electron chi connectivity index (χ3n) is 6.94. The van der Waals surface area contributed by atoms with E-state index < -0.39 is 0 Å². The molecule has 0 N–H and O–H groups in total. The quantitative estimate of drug-likeness (QED) is 0.170. The zero-order valence-corrected chi connectivity index (χ0v) is 19.3. The molecule has 0 atom stereocenters. The number of rotatable bonds is 0. The molecule has 0 fully saturated rings. The van der Waals surface area contributed by atoms with Gasteiger partial charge in [-0.3, -0.25) is 14.8 Å². The van der Waals surface area contributed by atoms with E-state index in [4.69, 9.17) is 0 Å². The standard InChI is InChI=1S/C17H11N.C16H9NO/c1-2-5-13-11-16-14(10-12(13)4-1)7-8-17-15(16)6-3-9-18-17;18-16-12-5-2-1-4-10(12)11-8-9-17-14-7-3-6-13(16)15(11)14/h1-11H;1-9H. The summed E-state index contributed by atoms with van der Waals surface area (Å²) in [5.41, 5.74) is 5.59. The highest BCUT2D eigenvalue weighted by Crippen LogP contribution is 2.38. The van der Waals surface area contributed by atoms with Gasteiger partial charge < -0.3 is 0 Å². The van der Waals surface area contributed by atoms with Gasteiger partial charge in [-0.1, -0.05) is 72.8 Å². The second-order valence-corrected chi connectivity index (χ2v) is 8.99. The highest BCUT2D eigenvalue weighted by atomic mass is 16.1. The van der Waals surface area contributed by atoms with Crippen LogP contribution in [0.25, 0.3) is 54.5 Å². The first-order valence-electron chi connectivity index (χ1n) is 12.0. The van der Waals surface area contributed by atoms with Gasteiger partial charge in [-0.2, -0.15) is 0 Å². The Morgan fingerprint density at radius 1 is 0.444 bits per heavy atom. The summed E-state index contributed by atoms with van der Waals surface area (Å²) in [6.45, 7) is 0. The van der Waals surface area contributed by atoms with E-state index in [-0.39, 0.29) is 5.78 Å². The summed E-state index contributed by atoms with van der Waals surface area (Å²) in [7, 11) is 0. The predicted octanol–water partition coefficient (Wildman–Crippen LogP) is 7.99. The van der Waals surface area contributed by atoms with Gasteiger partial charge in [0, 0.05) is 34.3 Å². The molecule has 0 amide bonds. The van der Waals surface area contributed by atoms with Crippen LogP contribution >= 0.6 is 0 Å². The molecular formula is C33H20N2O. The Hall–Kier alpha value is -4.89. The van der Waals surface area contributed by atoms with Gasteiger partial charge in [0.15, 0.2) is 5.78 Å². The van der Waals surface area contributed by atoms with Crippen molar-refractivity contribution in [2.75, 3.05) is 0 Å². The molecule has 0 aliphatic heterocycles. The normalized spacial score (nSPS) is 11.9. The first-order chi connectivity index (χ1) is 17.8. The lowest BCUT2D eigenvalue weighted by molar-refractivity contribution is 0.104. The highest BCUT2D eigenvalue weighted by molar-refractivity contribution is 6.25. The first-order valence-corrected chi connectivity index (χ1v) is 12.0. The number of ketones is 1. The van der Waals surface area contributed by atoms with E-state index in [2.05, 4.69) is 64.6 Å². The van der Waals surface area contributed by atoms with Crippen LogP contribution in [0.3, 0.4) is 0 Å². The Balaban J connectivity index is 0.000000122. The van der Waals surface area contributed by atoms with E-state index >= 15 is 0 Å². The number of fused-ring (bicyclic) bond motifs is 6. The lowest BCUT2D eigenvalue weighted by atomic mass is 9.84. The summed E-state index contributed by atoms with van der Waals surface area (Å²) >= 11 is 0. The molecule has 0 bridgehead atoms. The molecule has 3 nitrogen and oxygen atoms in total. The van der Waals surface area contributed by atoms with Gasteiger partial charge >= 0.3 is 0 Å². The summed E-state index contributed by atoms with van der Waals surface area (Å²) in [5.74, 6) is 0.0942. The summed E-state index contributed by atoms with van der Waals surface area (Å²) in [6, 6.07) is 36.8. The largest absolute Gasteiger partial charge is 0.289 e. The average molecular weight is 461 g/mol. The summed E-state index contributed by atoms with van der Waals surface area (Å²) in [6.07, 6.45) is 3.64. The fourth-order valence-electron chi connectivity index (χ4n) is 5.26. The van der Waals surface area contributed by atoms with E-state index in [0.29, 0.717) is 0 Å². The van der Waals surface area contributed by atoms with Crippen LogP contribution in [-0.4, -0.2) is 15.8 Å². The zero-order valence-electron chi connectivity index (χ0n) is 19.3. The second-order valence-electron chi connectivity index (χ2n) is 8.99. The van der Waals surface area contributed by atoms with Crippen molar-refractivity contribution in [3.05, 3.63) is 133 Å². The van der Waals surface area contributed by atoms with Crippen LogP contribution in [0.1, 0.15) is 15.9 Å². The summed E-state index contributed by atoms with van der Waals surface area (Å²) < 4.78 is 0. The number of hydrogen-bond donors (Lipinski definition) is 0. The number of carbonyl (C=O) groups is 1. The average Bonchev–Trinajstić information content (AvgIpc) is 2.95. The van der Waals surface area contributed by atoms with Crippen molar-refractivity contribution in [3.63, 3.8) is 0 Å². The van der Waals surface area contributed by atoms with Crippen molar-refractivity contribution in [1.82, 2.24) is 9.97 Å². The number of carbonyl (C=O) groups excluding carboxylic acids is 1. The van der Waals surface area contributed by atoms with Crippen LogP contribution in [0.4, 0.5) is 0 Å². The number of aromatic nitrogens is 2. The highest BCUT2D eigenvalue weighted by Gasteiger charge is 2.24. The predicted molar refractivity (Wildman–Crippen MR) is 147 cm³/mol. The number of pyridine rings is 2. The molecule has 3 heteroatoms. The molecule has 0 saturated heterocycles. The van der Waals surface area contributed by atoms with Crippen LogP contribution in [0, 0.1) is 0 Å². The Labute approximate surface area is 207 Å². The maximum absolute atomic E-state index is 12.5. The van der Waals surface area contributed by atoms with E-state index in [1.807, 2.05) is 60.8 Å². The molecule has 1 aliphatic carbocycles. The Kier molecular flexibility index (Phi) is 4.61. The third-order valence-corrected chi connectivity index (χ3v) is 6.94. The van der Waals surface area contributed by atoms with E-state index in [0.717, 1.165) is 38.7 Å². The lowest BCUT2D eigenvalue weighted by Crippen LogP contribution is -2.09. The number of benzene rings is 5. The molecule has 0 spiro atoms. The maximum Gasteiger partial charge on any atom is 0.194 e. The molecule has 168 valence electrons. The SMILES string of the molecule is O=C1c2ccccc2-c2ccnc3cccc1c23.c1ccc2cc3c(ccc4ncccc43)cc2c1. The van der Waals surface area contributed by atoms with Gasteiger partial charge in [-0.15, -0.1) is 0 Å². The molecular weight excluding hydrogens is 440 g/mol. The molecule has 0 radical (unpaired) electrons. The number of hydrogen-bond acceptors (Lipinski definition) is 3. The zero-order chi connectivity index (χ0) is 24.1. The molecule has 0 saturated carbocycles. The molecule has 1 aliphatic rings. The van der Waals surface area contributed by atoms with Crippen molar-refractivity contribution in [3.8, 4) is 11.1 Å². The Bertz CT molecular complexity index is 1960. The third kappa shape index (κ3) is 3.18. The summed E-state index contributed by atoms with van der Waals surface area (Å²) in [4.78, 5) is 21.2. The van der Waals surface area contributed by atoms with Crippen molar-refractivity contribution < 1.29 is 4.79 Å². The Morgan fingerprint density at radius 3 is 2.08 bits per heavy atom. The van der Waals surface area contributed by atoms with Gasteiger partial charge in [0.25, 0.3) is 0 Å². The molecule has 36 heavy (non-hydrogen) atoms. The van der Waals surface area contributed by atoms with E-state index in [1.165, 1.54) is 26.9 Å². The first kappa shape index (κ1) is 20.5. The van der Waals surface area contributed by atoms with Gasteiger partial charge in [0.2, 0.25) is 0 Å². The van der Waals surface area contributed by atoms with Crippen LogP contribution in [0.15, 0.2) is 122 Å². The monoisotopic (exact) mass is 460 g/mol. The van der Waals surface area contributed by atoms with Crippen LogP contribution in [0.2, 0.25) is 0 Å². The van der Waals surface area contributed by atoms with Crippen LogP contribution in [0.5, 0.6) is 0 Å². The molecule has 2 aromatic heterocycles. The van der Waals surface area contributed by atoms with E-state index in [9.17, 15) is 4.79 Å². The molecule has 5 aromatic carbocycles. The van der Waals surface area contributed by atoms with Gasteiger partial charge in [0.1, 0.15) is 0 Å². The van der Waals surface area contributed by atoms with Gasteiger partial charge in [-0.05, 0) is 69.1 Å². The maximum atomic E-state index is 12.5. The fraction of sp³-hybridized carbons (Fsp3) is 0. The molecule has 8 rings (SSSR count). The van der Waals surface area contributed by atoms with Crippen molar-refractivity contribution in [2.24, 2.45) is 0 Å². The van der Waals surface area contributed by atoms with Crippen LogP contribution < -0.4 is 0 Å². The topological polar surface area (TPSA) is 42.9 Å². The smallest absolute Gasteiger partial charge is 0.194 e. The lowest BCUT2D eigenvalue weighted by Gasteiger charge is -2.18. The fourth-order valence-corrected chi connectivity index (χ4v) is 5.26. The second kappa shape index (κ2) is 8.10. The summed E-state index contributed by atoms with van der Waals surface area (Å²) in [5, 5.41) is 7.31.